The van der Waals surface area contributed by atoms with Crippen molar-refractivity contribution in [1.82, 2.24) is 14.4 Å². The van der Waals surface area contributed by atoms with E-state index in [9.17, 15) is 14.3 Å². The number of benzene rings is 3. The number of hydrogen-bond donors (Lipinski definition) is 2. The fourth-order valence-electron chi connectivity index (χ4n) is 4.92. The van der Waals surface area contributed by atoms with Gasteiger partial charge in [-0.1, -0.05) is 48.5 Å². The van der Waals surface area contributed by atoms with E-state index in [0.717, 1.165) is 33.1 Å². The number of carboxylic acids is 1. The maximum atomic E-state index is 14.3. The molecule has 0 radical (unpaired) electrons. The molecule has 5 nitrogen and oxygen atoms in total. The number of carbonyl (C=O) groups is 1. The fourth-order valence-corrected chi connectivity index (χ4v) is 4.92. The molecule has 0 saturated heterocycles. The zero-order valence-electron chi connectivity index (χ0n) is 18.3. The number of nitrogens with zero attached hydrogens (tertiary/aromatic N) is 2. The number of halogens is 1. The minimum Gasteiger partial charge on any atom is -0.478 e. The first kappa shape index (κ1) is 20.2. The summed E-state index contributed by atoms with van der Waals surface area (Å²) in [5, 5.41) is 12.8. The predicted molar refractivity (Wildman–Crippen MR) is 131 cm³/mol. The largest absolute Gasteiger partial charge is 0.478 e. The maximum Gasteiger partial charge on any atom is 0.337 e. The van der Waals surface area contributed by atoms with Gasteiger partial charge < -0.3 is 14.5 Å². The molecule has 3 aromatic carbocycles. The number of imidazole rings is 1. The van der Waals surface area contributed by atoms with E-state index < -0.39 is 5.97 Å². The van der Waals surface area contributed by atoms with Crippen LogP contribution < -0.4 is 0 Å². The molecule has 34 heavy (non-hydrogen) atoms. The van der Waals surface area contributed by atoms with Gasteiger partial charge in [0.25, 0.3) is 0 Å². The van der Waals surface area contributed by atoms with Crippen molar-refractivity contribution in [2.24, 2.45) is 0 Å². The van der Waals surface area contributed by atoms with Gasteiger partial charge in [-0.2, -0.15) is 0 Å². The molecule has 0 saturated carbocycles. The maximum absolute atomic E-state index is 14.3. The van der Waals surface area contributed by atoms with Crippen molar-refractivity contribution in [2.45, 2.75) is 13.3 Å². The summed E-state index contributed by atoms with van der Waals surface area (Å²) >= 11 is 0. The van der Waals surface area contributed by atoms with E-state index in [1.165, 1.54) is 12.3 Å². The van der Waals surface area contributed by atoms with Crippen LogP contribution >= 0.6 is 0 Å². The molecular weight excluding hydrogens is 429 g/mol. The summed E-state index contributed by atoms with van der Waals surface area (Å²) in [6.07, 6.45) is 3.82. The van der Waals surface area contributed by atoms with E-state index in [-0.39, 0.29) is 11.4 Å². The second kappa shape index (κ2) is 7.56. The standard InChI is InChI=1S/C28H20FN3O2/c1-16-5-4-8-22-25(16)18(14-30-22)13-23-27(31-24-12-10-19(29)15-32(23)24)21-11-9-17-6-2-3-7-20(17)26(21)28(33)34/h2-12,14-15,30H,13H2,1H3,(H,33,34). The molecule has 0 aliphatic carbocycles. The smallest absolute Gasteiger partial charge is 0.337 e. The molecule has 6 heteroatoms. The Hall–Kier alpha value is -4.45. The van der Waals surface area contributed by atoms with Crippen LogP contribution in [-0.2, 0) is 6.42 Å². The minimum atomic E-state index is -1.02. The Morgan fingerprint density at radius 3 is 2.76 bits per heavy atom. The number of rotatable bonds is 4. The van der Waals surface area contributed by atoms with Crippen LogP contribution in [0.25, 0.3) is 38.6 Å². The zero-order valence-corrected chi connectivity index (χ0v) is 18.3. The number of fused-ring (bicyclic) bond motifs is 3. The monoisotopic (exact) mass is 449 g/mol. The highest BCUT2D eigenvalue weighted by Crippen LogP contribution is 2.35. The van der Waals surface area contributed by atoms with Crippen LogP contribution in [-0.4, -0.2) is 25.4 Å². The highest BCUT2D eigenvalue weighted by atomic mass is 19.1. The Bertz CT molecular complexity index is 1750. The molecule has 0 aliphatic heterocycles. The summed E-state index contributed by atoms with van der Waals surface area (Å²) in [4.78, 5) is 20.5. The third kappa shape index (κ3) is 3.07. The molecule has 0 spiro atoms. The van der Waals surface area contributed by atoms with Crippen LogP contribution in [0.1, 0.15) is 27.2 Å². The minimum absolute atomic E-state index is 0.193. The Balaban J connectivity index is 1.65. The first-order valence-electron chi connectivity index (χ1n) is 11.0. The lowest BCUT2D eigenvalue weighted by molar-refractivity contribution is 0.0700. The van der Waals surface area contributed by atoms with Crippen LogP contribution in [0.4, 0.5) is 4.39 Å². The van der Waals surface area contributed by atoms with E-state index in [1.54, 1.807) is 22.6 Å². The number of aromatic nitrogens is 3. The number of aromatic carboxylic acids is 1. The number of pyridine rings is 1. The van der Waals surface area contributed by atoms with Crippen LogP contribution in [0, 0.1) is 12.7 Å². The lowest BCUT2D eigenvalue weighted by Crippen LogP contribution is -2.03. The zero-order chi connectivity index (χ0) is 23.4. The fraction of sp³-hybridized carbons (Fsp3) is 0.0714. The average Bonchev–Trinajstić information content (AvgIpc) is 3.40. The van der Waals surface area contributed by atoms with Gasteiger partial charge in [-0.05, 0) is 47.0 Å². The number of nitrogens with one attached hydrogen (secondary N) is 1. The summed E-state index contributed by atoms with van der Waals surface area (Å²) in [5.41, 5.74) is 5.74. The van der Waals surface area contributed by atoms with Gasteiger partial charge in [0.15, 0.2) is 0 Å². The van der Waals surface area contributed by atoms with Gasteiger partial charge in [-0.3, -0.25) is 0 Å². The van der Waals surface area contributed by atoms with Crippen molar-refractivity contribution >= 4 is 33.3 Å². The van der Waals surface area contributed by atoms with Gasteiger partial charge in [0, 0.05) is 35.3 Å². The highest BCUT2D eigenvalue weighted by molar-refractivity contribution is 6.09. The molecule has 0 atom stereocenters. The van der Waals surface area contributed by atoms with Gasteiger partial charge in [0.2, 0.25) is 0 Å². The Morgan fingerprint density at radius 2 is 1.91 bits per heavy atom. The van der Waals surface area contributed by atoms with Gasteiger partial charge >= 0.3 is 5.97 Å². The molecule has 3 heterocycles. The first-order chi connectivity index (χ1) is 16.5. The third-order valence-corrected chi connectivity index (χ3v) is 6.43. The second-order valence-electron chi connectivity index (χ2n) is 8.49. The normalized spacial score (nSPS) is 11.6. The topological polar surface area (TPSA) is 70.4 Å². The van der Waals surface area contributed by atoms with Crippen molar-refractivity contribution in [3.63, 3.8) is 0 Å². The SMILES string of the molecule is Cc1cccc2[nH]cc(Cc3c(-c4ccc5ccccc5c4C(=O)O)nc4ccc(F)cn34)c12. The molecule has 0 bridgehead atoms. The van der Waals surface area contributed by atoms with Crippen LogP contribution in [0.3, 0.4) is 0 Å². The van der Waals surface area contributed by atoms with Crippen LogP contribution in [0.15, 0.2) is 79.1 Å². The second-order valence-corrected chi connectivity index (χ2v) is 8.49. The van der Waals surface area contributed by atoms with Gasteiger partial charge in [0.05, 0.1) is 17.0 Å². The molecule has 0 aliphatic rings. The van der Waals surface area contributed by atoms with Crippen molar-refractivity contribution in [3.8, 4) is 11.3 Å². The number of hydrogen-bond acceptors (Lipinski definition) is 2. The number of carboxylic acid groups (broad SMARTS) is 1. The summed E-state index contributed by atoms with van der Waals surface area (Å²) in [7, 11) is 0. The summed E-state index contributed by atoms with van der Waals surface area (Å²) in [6.45, 7) is 2.06. The average molecular weight is 449 g/mol. The molecule has 6 aromatic rings. The third-order valence-electron chi connectivity index (χ3n) is 6.43. The van der Waals surface area contributed by atoms with E-state index in [1.807, 2.05) is 42.6 Å². The molecule has 2 N–H and O–H groups in total. The molecule has 0 amide bonds. The molecule has 6 rings (SSSR count). The van der Waals surface area contributed by atoms with Crippen molar-refractivity contribution in [1.29, 1.82) is 0 Å². The quantitative estimate of drug-likeness (QED) is 0.328. The highest BCUT2D eigenvalue weighted by Gasteiger charge is 2.23. The van der Waals surface area contributed by atoms with Crippen LogP contribution in [0.2, 0.25) is 0 Å². The van der Waals surface area contributed by atoms with Gasteiger partial charge in [-0.25, -0.2) is 14.2 Å². The summed E-state index contributed by atoms with van der Waals surface area (Å²) < 4.78 is 16.0. The van der Waals surface area contributed by atoms with E-state index in [2.05, 4.69) is 18.0 Å². The molecule has 3 aromatic heterocycles. The summed E-state index contributed by atoms with van der Waals surface area (Å²) in [6, 6.07) is 20.2. The van der Waals surface area contributed by atoms with E-state index in [0.29, 0.717) is 28.7 Å². The van der Waals surface area contributed by atoms with Crippen molar-refractivity contribution < 1.29 is 14.3 Å². The van der Waals surface area contributed by atoms with E-state index >= 15 is 0 Å². The van der Waals surface area contributed by atoms with E-state index in [4.69, 9.17) is 4.98 Å². The Kier molecular flexibility index (Phi) is 4.48. The Morgan fingerprint density at radius 1 is 1.06 bits per heavy atom. The lowest BCUT2D eigenvalue weighted by Gasteiger charge is -2.11. The first-order valence-corrected chi connectivity index (χ1v) is 11.0. The lowest BCUT2D eigenvalue weighted by atomic mass is 9.94. The molecule has 166 valence electrons. The number of aromatic amines is 1. The van der Waals surface area contributed by atoms with Gasteiger partial charge in [-0.15, -0.1) is 0 Å². The van der Waals surface area contributed by atoms with Gasteiger partial charge in [0.1, 0.15) is 11.5 Å². The number of aryl methyl sites for hydroxylation is 1. The molecular formula is C28H20FN3O2. The van der Waals surface area contributed by atoms with Crippen molar-refractivity contribution in [2.75, 3.05) is 0 Å². The Labute approximate surface area is 194 Å². The van der Waals surface area contributed by atoms with Crippen LogP contribution in [0.5, 0.6) is 0 Å². The molecule has 0 fully saturated rings. The van der Waals surface area contributed by atoms with Crippen molar-refractivity contribution in [3.05, 3.63) is 107 Å². The predicted octanol–water partition coefficient (Wildman–Crippen LogP) is 6.37. The number of H-pyrrole nitrogens is 1. The summed E-state index contributed by atoms with van der Waals surface area (Å²) in [5.74, 6) is -1.41. The molecule has 0 unspecified atom stereocenters.